The molecule has 0 aromatic carbocycles. The van der Waals surface area contributed by atoms with Gasteiger partial charge in [0.25, 0.3) is 0 Å². The van der Waals surface area contributed by atoms with E-state index in [0.29, 0.717) is 0 Å². The van der Waals surface area contributed by atoms with Crippen LogP contribution in [0, 0.1) is 0 Å². The summed E-state index contributed by atoms with van der Waals surface area (Å²) in [4.78, 5) is 14.1. The zero-order chi connectivity index (χ0) is 13.9. The highest BCUT2D eigenvalue weighted by atomic mass is 16.6. The van der Waals surface area contributed by atoms with Crippen molar-refractivity contribution in [3.63, 3.8) is 0 Å². The van der Waals surface area contributed by atoms with Gasteiger partial charge in [-0.25, -0.2) is 4.79 Å². The molecule has 19 heavy (non-hydrogen) atoms. The highest BCUT2D eigenvalue weighted by Crippen LogP contribution is 2.31. The van der Waals surface area contributed by atoms with E-state index in [9.17, 15) is 4.79 Å². The van der Waals surface area contributed by atoms with Crippen molar-refractivity contribution in [2.24, 2.45) is 0 Å². The number of hydrogen-bond donors (Lipinski definition) is 0. The largest absolute Gasteiger partial charge is 0.444 e. The molecule has 5 heteroatoms. The number of aromatic nitrogens is 2. The second-order valence-electron chi connectivity index (χ2n) is 5.86. The molecule has 1 aromatic heterocycles. The molecule has 0 radical (unpaired) electrons. The van der Waals surface area contributed by atoms with Gasteiger partial charge < -0.3 is 9.64 Å². The van der Waals surface area contributed by atoms with E-state index >= 15 is 0 Å². The Balaban J connectivity index is 2.15. The van der Waals surface area contributed by atoms with Gasteiger partial charge in [0.05, 0.1) is 12.2 Å². The van der Waals surface area contributed by atoms with E-state index in [2.05, 4.69) is 10.2 Å². The number of ether oxygens (including phenoxy) is 1. The van der Waals surface area contributed by atoms with Crippen molar-refractivity contribution in [3.8, 4) is 0 Å². The van der Waals surface area contributed by atoms with Crippen LogP contribution in [0.15, 0.2) is 18.5 Å². The van der Waals surface area contributed by atoms with Crippen LogP contribution >= 0.6 is 0 Å². The number of piperidine rings is 1. The summed E-state index contributed by atoms with van der Waals surface area (Å²) in [5.41, 5.74) is 0.566. The number of amides is 1. The van der Waals surface area contributed by atoms with Crippen molar-refractivity contribution in [2.45, 2.75) is 51.7 Å². The molecule has 0 N–H and O–H groups in total. The average molecular weight is 263 g/mol. The Morgan fingerprint density at radius 2 is 2.16 bits per heavy atom. The van der Waals surface area contributed by atoms with Crippen molar-refractivity contribution >= 4 is 6.09 Å². The normalized spacial score (nSPS) is 20.2. The van der Waals surface area contributed by atoms with Crippen LogP contribution < -0.4 is 0 Å². The second kappa shape index (κ2) is 5.55. The number of likely N-dealkylation sites (tertiary alicyclic amines) is 1. The number of rotatable bonds is 1. The van der Waals surface area contributed by atoms with Gasteiger partial charge in [-0.1, -0.05) is 0 Å². The molecule has 0 unspecified atom stereocenters. The fourth-order valence-electron chi connectivity index (χ4n) is 2.32. The summed E-state index contributed by atoms with van der Waals surface area (Å²) >= 11 is 0. The Kier molecular flexibility index (Phi) is 4.02. The Morgan fingerprint density at radius 3 is 2.79 bits per heavy atom. The van der Waals surface area contributed by atoms with Crippen molar-refractivity contribution in [3.05, 3.63) is 24.0 Å². The Labute approximate surface area is 114 Å². The Morgan fingerprint density at radius 1 is 1.37 bits per heavy atom. The van der Waals surface area contributed by atoms with Crippen LogP contribution in [-0.2, 0) is 4.74 Å². The molecule has 0 spiro atoms. The summed E-state index contributed by atoms with van der Waals surface area (Å²) in [6.45, 7) is 6.40. The molecule has 0 bridgehead atoms. The first-order valence-electron chi connectivity index (χ1n) is 6.73. The third kappa shape index (κ3) is 3.66. The summed E-state index contributed by atoms with van der Waals surface area (Å²) in [6, 6.07) is 1.97. The van der Waals surface area contributed by atoms with Crippen LogP contribution in [0.4, 0.5) is 4.79 Å². The van der Waals surface area contributed by atoms with Gasteiger partial charge in [0, 0.05) is 12.7 Å². The second-order valence-corrected chi connectivity index (χ2v) is 5.86. The van der Waals surface area contributed by atoms with Crippen molar-refractivity contribution in [2.75, 3.05) is 6.54 Å². The molecule has 1 saturated heterocycles. The molecule has 0 aliphatic carbocycles. The fourth-order valence-corrected chi connectivity index (χ4v) is 2.32. The number of hydrogen-bond acceptors (Lipinski definition) is 4. The maximum absolute atomic E-state index is 12.3. The highest BCUT2D eigenvalue weighted by Gasteiger charge is 2.31. The summed E-state index contributed by atoms with van der Waals surface area (Å²) in [5, 5.41) is 7.68. The first kappa shape index (κ1) is 13.8. The molecule has 1 fully saturated rings. The van der Waals surface area contributed by atoms with Gasteiger partial charge in [0.15, 0.2) is 0 Å². The molecular weight excluding hydrogens is 242 g/mol. The first-order chi connectivity index (χ1) is 8.97. The number of carbonyl (C=O) groups is 1. The van der Waals surface area contributed by atoms with E-state index in [0.717, 1.165) is 31.4 Å². The van der Waals surface area contributed by atoms with Crippen LogP contribution in [0.2, 0.25) is 0 Å². The minimum absolute atomic E-state index is 0.0547. The van der Waals surface area contributed by atoms with Crippen molar-refractivity contribution < 1.29 is 9.53 Å². The van der Waals surface area contributed by atoms with Crippen LogP contribution in [-0.4, -0.2) is 33.3 Å². The third-order valence-electron chi connectivity index (χ3n) is 3.12. The lowest BCUT2D eigenvalue weighted by Gasteiger charge is -2.36. The molecule has 1 aromatic rings. The number of nitrogens with zero attached hydrogens (tertiary/aromatic N) is 3. The lowest BCUT2D eigenvalue weighted by molar-refractivity contribution is 0.00946. The van der Waals surface area contributed by atoms with E-state index < -0.39 is 5.60 Å². The van der Waals surface area contributed by atoms with E-state index in [1.165, 1.54) is 0 Å². The van der Waals surface area contributed by atoms with Crippen LogP contribution in [0.1, 0.15) is 51.6 Å². The van der Waals surface area contributed by atoms with Crippen LogP contribution in [0.25, 0.3) is 0 Å². The summed E-state index contributed by atoms with van der Waals surface area (Å²) in [5.74, 6) is 0. The maximum Gasteiger partial charge on any atom is 0.410 e. The minimum atomic E-state index is -0.463. The minimum Gasteiger partial charge on any atom is -0.444 e. The quantitative estimate of drug-likeness (QED) is 0.781. The lowest BCUT2D eigenvalue weighted by atomic mass is 9.97. The van der Waals surface area contributed by atoms with Gasteiger partial charge in [-0.3, -0.25) is 0 Å². The average Bonchev–Trinajstić information content (AvgIpc) is 2.38. The van der Waals surface area contributed by atoms with E-state index in [1.807, 2.05) is 31.7 Å². The molecular formula is C14H21N3O2. The SMILES string of the molecule is CC(C)(C)OC(=O)N1CCCC[C@H]1c1ccnnc1. The highest BCUT2D eigenvalue weighted by molar-refractivity contribution is 5.69. The molecule has 1 atom stereocenters. The maximum atomic E-state index is 12.3. The molecule has 1 aliphatic rings. The predicted octanol–water partition coefficient (Wildman–Crippen LogP) is 2.94. The summed E-state index contributed by atoms with van der Waals surface area (Å²) in [6.07, 6.45) is 6.24. The molecule has 1 amide bonds. The standard InChI is InChI=1S/C14H21N3O2/c1-14(2,3)19-13(18)17-9-5-4-6-12(17)11-7-8-15-16-10-11/h7-8,10,12H,4-6,9H2,1-3H3/t12-/m0/s1. The third-order valence-corrected chi connectivity index (χ3v) is 3.12. The van der Waals surface area contributed by atoms with Gasteiger partial charge >= 0.3 is 6.09 Å². The van der Waals surface area contributed by atoms with E-state index in [-0.39, 0.29) is 12.1 Å². The monoisotopic (exact) mass is 263 g/mol. The van der Waals surface area contributed by atoms with Gasteiger partial charge in [0.2, 0.25) is 0 Å². The van der Waals surface area contributed by atoms with Gasteiger partial charge in [-0.15, -0.1) is 0 Å². The van der Waals surface area contributed by atoms with Gasteiger partial charge in [0.1, 0.15) is 5.60 Å². The zero-order valence-corrected chi connectivity index (χ0v) is 11.8. The lowest BCUT2D eigenvalue weighted by Crippen LogP contribution is -2.41. The van der Waals surface area contributed by atoms with Gasteiger partial charge in [-0.05, 0) is 51.7 Å². The first-order valence-corrected chi connectivity index (χ1v) is 6.73. The molecule has 2 heterocycles. The molecule has 0 saturated carbocycles. The molecule has 5 nitrogen and oxygen atoms in total. The molecule has 1 aliphatic heterocycles. The summed E-state index contributed by atoms with van der Waals surface area (Å²) < 4.78 is 5.48. The summed E-state index contributed by atoms with van der Waals surface area (Å²) in [7, 11) is 0. The van der Waals surface area contributed by atoms with E-state index in [4.69, 9.17) is 4.74 Å². The Bertz CT molecular complexity index is 428. The Hall–Kier alpha value is -1.65. The van der Waals surface area contributed by atoms with Crippen molar-refractivity contribution in [1.29, 1.82) is 0 Å². The number of carbonyl (C=O) groups excluding carboxylic acids is 1. The van der Waals surface area contributed by atoms with Crippen LogP contribution in [0.5, 0.6) is 0 Å². The molecule has 104 valence electrons. The molecule has 2 rings (SSSR count). The topological polar surface area (TPSA) is 55.3 Å². The van der Waals surface area contributed by atoms with Crippen LogP contribution in [0.3, 0.4) is 0 Å². The fraction of sp³-hybridized carbons (Fsp3) is 0.643. The zero-order valence-electron chi connectivity index (χ0n) is 11.8. The predicted molar refractivity (Wildman–Crippen MR) is 71.6 cm³/mol. The van der Waals surface area contributed by atoms with Crippen molar-refractivity contribution in [1.82, 2.24) is 15.1 Å². The van der Waals surface area contributed by atoms with Gasteiger partial charge in [-0.2, -0.15) is 10.2 Å². The van der Waals surface area contributed by atoms with E-state index in [1.54, 1.807) is 12.4 Å². The smallest absolute Gasteiger partial charge is 0.410 e.